The van der Waals surface area contributed by atoms with Crippen molar-refractivity contribution in [3.63, 3.8) is 0 Å². The maximum atomic E-state index is 12.8. The van der Waals surface area contributed by atoms with E-state index in [1.807, 2.05) is 4.57 Å². The summed E-state index contributed by atoms with van der Waals surface area (Å²) in [5, 5.41) is 15.1. The van der Waals surface area contributed by atoms with Gasteiger partial charge in [0.15, 0.2) is 0 Å². The summed E-state index contributed by atoms with van der Waals surface area (Å²) in [4.78, 5) is 15.4. The van der Waals surface area contributed by atoms with Crippen LogP contribution in [-0.4, -0.2) is 33.8 Å². The van der Waals surface area contributed by atoms with Gasteiger partial charge in [-0.15, -0.1) is 0 Å². The molecule has 3 N–H and O–H groups in total. The van der Waals surface area contributed by atoms with E-state index < -0.39 is 6.10 Å². The first-order valence-electron chi connectivity index (χ1n) is 6.56. The van der Waals surface area contributed by atoms with Crippen LogP contribution in [0.1, 0.15) is 11.7 Å². The van der Waals surface area contributed by atoms with E-state index in [1.54, 1.807) is 18.7 Å². The Morgan fingerprint density at radius 2 is 2.10 bits per heavy atom. The second-order valence-electron chi connectivity index (χ2n) is 4.50. The van der Waals surface area contributed by atoms with Gasteiger partial charge in [-0.05, 0) is 17.7 Å². The molecule has 0 saturated carbocycles. The lowest BCUT2D eigenvalue weighted by Crippen LogP contribution is -2.39. The van der Waals surface area contributed by atoms with Crippen LogP contribution in [0.3, 0.4) is 0 Å². The molecule has 0 bridgehead atoms. The van der Waals surface area contributed by atoms with Crippen molar-refractivity contribution in [3.8, 4) is 0 Å². The smallest absolute Gasteiger partial charge is 0.314 e. The van der Waals surface area contributed by atoms with Gasteiger partial charge < -0.3 is 20.3 Å². The van der Waals surface area contributed by atoms with Crippen LogP contribution in [-0.2, 0) is 6.54 Å². The van der Waals surface area contributed by atoms with E-state index in [0.717, 1.165) is 0 Å². The molecule has 0 aliphatic carbocycles. The Kier molecular flexibility index (Phi) is 5.28. The van der Waals surface area contributed by atoms with Crippen LogP contribution in [0.5, 0.6) is 0 Å². The summed E-state index contributed by atoms with van der Waals surface area (Å²) in [6, 6.07) is 5.14. The van der Waals surface area contributed by atoms with E-state index in [-0.39, 0.29) is 18.4 Å². The van der Waals surface area contributed by atoms with E-state index in [1.165, 1.54) is 24.3 Å². The van der Waals surface area contributed by atoms with E-state index in [4.69, 9.17) is 0 Å². The number of urea groups is 1. The van der Waals surface area contributed by atoms with Gasteiger partial charge in [0.2, 0.25) is 0 Å². The number of carbonyl (C=O) groups is 1. The fourth-order valence-corrected chi connectivity index (χ4v) is 1.77. The molecule has 6 nitrogen and oxygen atoms in total. The van der Waals surface area contributed by atoms with Crippen molar-refractivity contribution in [2.24, 2.45) is 0 Å². The molecule has 0 fully saturated rings. The molecule has 0 radical (unpaired) electrons. The third kappa shape index (κ3) is 4.88. The number of nitrogens with one attached hydrogen (secondary N) is 2. The monoisotopic (exact) mass is 292 g/mol. The second kappa shape index (κ2) is 7.39. The van der Waals surface area contributed by atoms with Crippen molar-refractivity contribution in [3.05, 3.63) is 54.4 Å². The molecule has 1 aromatic carbocycles. The minimum atomic E-state index is -0.870. The summed E-state index contributed by atoms with van der Waals surface area (Å²) >= 11 is 0. The fraction of sp³-hybridized carbons (Fsp3) is 0.286. The Labute approximate surface area is 121 Å². The predicted molar refractivity (Wildman–Crippen MR) is 75.0 cm³/mol. The topological polar surface area (TPSA) is 79.2 Å². The third-order valence-electron chi connectivity index (χ3n) is 2.93. The average molecular weight is 292 g/mol. The van der Waals surface area contributed by atoms with Gasteiger partial charge in [0.05, 0.1) is 12.4 Å². The largest absolute Gasteiger partial charge is 0.387 e. The average Bonchev–Trinajstić information content (AvgIpc) is 2.99. The number of halogens is 1. The maximum Gasteiger partial charge on any atom is 0.314 e. The summed E-state index contributed by atoms with van der Waals surface area (Å²) in [5.74, 6) is -0.365. The number of hydrogen-bond donors (Lipinski definition) is 3. The highest BCUT2D eigenvalue weighted by Crippen LogP contribution is 2.12. The lowest BCUT2D eigenvalue weighted by molar-refractivity contribution is 0.173. The van der Waals surface area contributed by atoms with Crippen molar-refractivity contribution < 1.29 is 14.3 Å². The first kappa shape index (κ1) is 15.0. The van der Waals surface area contributed by atoms with Crippen LogP contribution in [0.15, 0.2) is 43.0 Å². The standard InChI is InChI=1S/C14H17FN4O2/c15-12-3-1-11(2-4-12)13(20)9-18-14(21)17-6-8-19-7-5-16-10-19/h1-5,7,10,13,20H,6,8-9H2,(H2,17,18,21)/t13-/m0/s1. The number of rotatable bonds is 6. The number of carbonyl (C=O) groups excluding carboxylic acids is 1. The third-order valence-corrected chi connectivity index (χ3v) is 2.93. The number of amides is 2. The number of hydrogen-bond acceptors (Lipinski definition) is 3. The van der Waals surface area contributed by atoms with E-state index in [0.29, 0.717) is 18.7 Å². The number of nitrogens with zero attached hydrogens (tertiary/aromatic N) is 2. The number of benzene rings is 1. The first-order valence-corrected chi connectivity index (χ1v) is 6.56. The predicted octanol–water partition coefficient (Wildman–Crippen LogP) is 1.05. The van der Waals surface area contributed by atoms with Gasteiger partial charge in [0, 0.05) is 32.0 Å². The van der Waals surface area contributed by atoms with Crippen LogP contribution in [0, 0.1) is 5.82 Å². The lowest BCUT2D eigenvalue weighted by atomic mass is 10.1. The van der Waals surface area contributed by atoms with Gasteiger partial charge >= 0.3 is 6.03 Å². The van der Waals surface area contributed by atoms with Crippen molar-refractivity contribution in [2.45, 2.75) is 12.6 Å². The summed E-state index contributed by atoms with van der Waals surface area (Å²) in [6.07, 6.45) is 4.26. The van der Waals surface area contributed by atoms with Crippen LogP contribution < -0.4 is 10.6 Å². The van der Waals surface area contributed by atoms with Crippen LogP contribution in [0.4, 0.5) is 9.18 Å². The van der Waals surface area contributed by atoms with Gasteiger partial charge in [-0.3, -0.25) is 0 Å². The van der Waals surface area contributed by atoms with Crippen LogP contribution >= 0.6 is 0 Å². The van der Waals surface area contributed by atoms with Gasteiger partial charge in [-0.1, -0.05) is 12.1 Å². The minimum absolute atomic E-state index is 0.0581. The highest BCUT2D eigenvalue weighted by Gasteiger charge is 2.09. The van der Waals surface area contributed by atoms with E-state index >= 15 is 0 Å². The molecule has 0 saturated heterocycles. The zero-order chi connectivity index (χ0) is 15.1. The maximum absolute atomic E-state index is 12.8. The number of aromatic nitrogens is 2. The number of aliphatic hydroxyl groups is 1. The minimum Gasteiger partial charge on any atom is -0.387 e. The highest BCUT2D eigenvalue weighted by molar-refractivity contribution is 5.73. The molecular formula is C14H17FN4O2. The molecule has 7 heteroatoms. The zero-order valence-electron chi connectivity index (χ0n) is 11.4. The first-order chi connectivity index (χ1) is 10.1. The molecule has 1 aromatic heterocycles. The van der Waals surface area contributed by atoms with Gasteiger partial charge in [0.25, 0.3) is 0 Å². The Bertz CT molecular complexity index is 557. The molecule has 0 aliphatic heterocycles. The highest BCUT2D eigenvalue weighted by atomic mass is 19.1. The molecule has 0 unspecified atom stereocenters. The number of imidazole rings is 1. The molecule has 0 aliphatic rings. The quantitative estimate of drug-likeness (QED) is 0.744. The van der Waals surface area contributed by atoms with Crippen molar-refractivity contribution >= 4 is 6.03 Å². The van der Waals surface area contributed by atoms with Gasteiger partial charge in [-0.2, -0.15) is 0 Å². The Morgan fingerprint density at radius 3 is 2.76 bits per heavy atom. The number of aliphatic hydroxyl groups excluding tert-OH is 1. The van der Waals surface area contributed by atoms with Crippen molar-refractivity contribution in [2.75, 3.05) is 13.1 Å². The Hall–Kier alpha value is -2.41. The van der Waals surface area contributed by atoms with Gasteiger partial charge in [0.1, 0.15) is 5.82 Å². The van der Waals surface area contributed by atoms with E-state index in [9.17, 15) is 14.3 Å². The van der Waals surface area contributed by atoms with Crippen molar-refractivity contribution in [1.29, 1.82) is 0 Å². The molecule has 0 spiro atoms. The summed E-state index contributed by atoms with van der Waals surface area (Å²) in [5.41, 5.74) is 0.551. The second-order valence-corrected chi connectivity index (χ2v) is 4.50. The summed E-state index contributed by atoms with van der Waals surface area (Å²) in [7, 11) is 0. The molecule has 2 aromatic rings. The molecule has 112 valence electrons. The Morgan fingerprint density at radius 1 is 1.33 bits per heavy atom. The Balaban J connectivity index is 1.67. The normalized spacial score (nSPS) is 11.9. The fourth-order valence-electron chi connectivity index (χ4n) is 1.77. The lowest BCUT2D eigenvalue weighted by Gasteiger charge is -2.13. The summed E-state index contributed by atoms with van der Waals surface area (Å²) in [6.45, 7) is 1.13. The van der Waals surface area contributed by atoms with Crippen LogP contribution in [0.25, 0.3) is 0 Å². The molecule has 2 amide bonds. The summed E-state index contributed by atoms with van der Waals surface area (Å²) < 4.78 is 14.6. The zero-order valence-corrected chi connectivity index (χ0v) is 11.4. The SMILES string of the molecule is O=C(NCCn1ccnc1)NC[C@H](O)c1ccc(F)cc1. The molecule has 1 atom stereocenters. The molecule has 21 heavy (non-hydrogen) atoms. The molecule has 2 rings (SSSR count). The van der Waals surface area contributed by atoms with Crippen LogP contribution in [0.2, 0.25) is 0 Å². The molecule has 1 heterocycles. The van der Waals surface area contributed by atoms with Crippen molar-refractivity contribution in [1.82, 2.24) is 20.2 Å². The van der Waals surface area contributed by atoms with E-state index in [2.05, 4.69) is 15.6 Å². The van der Waals surface area contributed by atoms with Gasteiger partial charge in [-0.25, -0.2) is 14.2 Å². The molecular weight excluding hydrogens is 275 g/mol.